The van der Waals surface area contributed by atoms with Crippen molar-refractivity contribution in [1.82, 2.24) is 10.0 Å². The molecular formula is C18H23N3O3S. The number of anilines is 1. The monoisotopic (exact) mass is 361 g/mol. The summed E-state index contributed by atoms with van der Waals surface area (Å²) in [6.07, 6.45) is 0.868. The molecule has 2 aromatic rings. The molecule has 2 aromatic carbocycles. The second-order valence-electron chi connectivity index (χ2n) is 5.77. The van der Waals surface area contributed by atoms with Gasteiger partial charge in [-0.3, -0.25) is 4.79 Å². The highest BCUT2D eigenvalue weighted by molar-refractivity contribution is 7.89. The number of nitrogen functional groups attached to an aromatic ring is 1. The molecule has 0 radical (unpaired) electrons. The van der Waals surface area contributed by atoms with Crippen molar-refractivity contribution in [2.45, 2.75) is 30.7 Å². The lowest BCUT2D eigenvalue weighted by atomic mass is 10.1. The summed E-state index contributed by atoms with van der Waals surface area (Å²) < 4.78 is 26.0. The van der Waals surface area contributed by atoms with Gasteiger partial charge in [-0.1, -0.05) is 30.3 Å². The van der Waals surface area contributed by atoms with E-state index in [1.807, 2.05) is 31.2 Å². The summed E-state index contributed by atoms with van der Waals surface area (Å²) in [6, 6.07) is 13.7. The molecule has 2 rings (SSSR count). The minimum absolute atomic E-state index is 0.113. The molecule has 1 amide bonds. The molecule has 7 heteroatoms. The van der Waals surface area contributed by atoms with Crippen LogP contribution in [0.1, 0.15) is 30.5 Å². The van der Waals surface area contributed by atoms with Gasteiger partial charge in [-0.15, -0.1) is 0 Å². The number of carbonyl (C=O) groups excluding carboxylic acids is 1. The highest BCUT2D eigenvalue weighted by atomic mass is 32.2. The molecule has 0 aliphatic rings. The lowest BCUT2D eigenvalue weighted by Gasteiger charge is -2.15. The van der Waals surface area contributed by atoms with Crippen molar-refractivity contribution < 1.29 is 13.2 Å². The first-order chi connectivity index (χ1) is 11.8. The SMILES string of the molecule is CNS(=O)(=O)c1cccc(C(C)NC(=O)CCc2ccccc2N)c1. The van der Waals surface area contributed by atoms with Gasteiger partial charge in [0.25, 0.3) is 0 Å². The Morgan fingerprint density at radius 3 is 2.56 bits per heavy atom. The Hall–Kier alpha value is -2.38. The molecule has 6 nitrogen and oxygen atoms in total. The first kappa shape index (κ1) is 19.0. The number of carbonyl (C=O) groups is 1. The van der Waals surface area contributed by atoms with Crippen LogP contribution in [0.2, 0.25) is 0 Å². The molecular weight excluding hydrogens is 338 g/mol. The number of benzene rings is 2. The Kier molecular flexibility index (Phi) is 6.17. The van der Waals surface area contributed by atoms with Gasteiger partial charge in [-0.25, -0.2) is 13.1 Å². The zero-order valence-electron chi connectivity index (χ0n) is 14.3. The Labute approximate surface area is 148 Å². The van der Waals surface area contributed by atoms with E-state index in [0.29, 0.717) is 18.5 Å². The second kappa shape index (κ2) is 8.13. The normalized spacial score (nSPS) is 12.6. The first-order valence-corrected chi connectivity index (χ1v) is 9.48. The number of rotatable bonds is 7. The lowest BCUT2D eigenvalue weighted by molar-refractivity contribution is -0.121. The average Bonchev–Trinajstić information content (AvgIpc) is 2.61. The first-order valence-electron chi connectivity index (χ1n) is 7.99. The topological polar surface area (TPSA) is 101 Å². The molecule has 4 N–H and O–H groups in total. The fourth-order valence-corrected chi connectivity index (χ4v) is 3.26. The zero-order valence-corrected chi connectivity index (χ0v) is 15.1. The van der Waals surface area contributed by atoms with E-state index in [1.54, 1.807) is 18.2 Å². The third kappa shape index (κ3) is 5.04. The summed E-state index contributed by atoms with van der Waals surface area (Å²) in [4.78, 5) is 12.3. The predicted molar refractivity (Wildman–Crippen MR) is 98.4 cm³/mol. The number of para-hydroxylation sites is 1. The van der Waals surface area contributed by atoms with Gasteiger partial charge in [-0.05, 0) is 49.7 Å². The Bertz CT molecular complexity index is 850. The van der Waals surface area contributed by atoms with Crippen LogP contribution in [0.3, 0.4) is 0 Å². The number of nitrogens with one attached hydrogen (secondary N) is 2. The van der Waals surface area contributed by atoms with Crippen LogP contribution in [0.4, 0.5) is 5.69 Å². The van der Waals surface area contributed by atoms with E-state index in [9.17, 15) is 13.2 Å². The molecule has 0 saturated carbocycles. The van der Waals surface area contributed by atoms with Gasteiger partial charge < -0.3 is 11.1 Å². The van der Waals surface area contributed by atoms with Gasteiger partial charge in [0.15, 0.2) is 0 Å². The molecule has 1 atom stereocenters. The van der Waals surface area contributed by atoms with Gasteiger partial charge in [0.1, 0.15) is 0 Å². The smallest absolute Gasteiger partial charge is 0.240 e. The van der Waals surface area contributed by atoms with Crippen molar-refractivity contribution in [2.24, 2.45) is 0 Å². The highest BCUT2D eigenvalue weighted by Crippen LogP contribution is 2.18. The van der Waals surface area contributed by atoms with Crippen LogP contribution in [-0.2, 0) is 21.2 Å². The molecule has 0 fully saturated rings. The third-order valence-electron chi connectivity index (χ3n) is 3.99. The molecule has 0 aromatic heterocycles. The molecule has 25 heavy (non-hydrogen) atoms. The van der Waals surface area contributed by atoms with E-state index in [2.05, 4.69) is 10.0 Å². The highest BCUT2D eigenvalue weighted by Gasteiger charge is 2.15. The summed E-state index contributed by atoms with van der Waals surface area (Å²) in [6.45, 7) is 1.82. The maximum Gasteiger partial charge on any atom is 0.240 e. The number of aryl methyl sites for hydroxylation is 1. The van der Waals surface area contributed by atoms with Crippen LogP contribution in [0.15, 0.2) is 53.4 Å². The van der Waals surface area contributed by atoms with Crippen LogP contribution < -0.4 is 15.8 Å². The van der Waals surface area contributed by atoms with Crippen molar-refractivity contribution in [1.29, 1.82) is 0 Å². The summed E-state index contributed by atoms with van der Waals surface area (Å²) >= 11 is 0. The van der Waals surface area contributed by atoms with E-state index < -0.39 is 10.0 Å². The van der Waals surface area contributed by atoms with E-state index in [1.165, 1.54) is 13.1 Å². The maximum absolute atomic E-state index is 12.2. The third-order valence-corrected chi connectivity index (χ3v) is 5.40. The van der Waals surface area contributed by atoms with E-state index in [-0.39, 0.29) is 16.8 Å². The van der Waals surface area contributed by atoms with E-state index in [4.69, 9.17) is 5.73 Å². The van der Waals surface area contributed by atoms with Crippen LogP contribution in [0.5, 0.6) is 0 Å². The number of hydrogen-bond acceptors (Lipinski definition) is 4. The Balaban J connectivity index is 2.00. The predicted octanol–water partition coefficient (Wildman–Crippen LogP) is 1.99. The minimum Gasteiger partial charge on any atom is -0.399 e. The fraction of sp³-hybridized carbons (Fsp3) is 0.278. The van der Waals surface area contributed by atoms with Crippen molar-refractivity contribution in [3.8, 4) is 0 Å². The summed E-state index contributed by atoms with van der Waals surface area (Å²) in [7, 11) is -2.15. The molecule has 0 aliphatic carbocycles. The summed E-state index contributed by atoms with van der Waals surface area (Å²) in [5.41, 5.74) is 8.21. The van der Waals surface area contributed by atoms with E-state index >= 15 is 0 Å². The molecule has 0 saturated heterocycles. The maximum atomic E-state index is 12.2. The van der Waals surface area contributed by atoms with E-state index in [0.717, 1.165) is 11.1 Å². The quantitative estimate of drug-likeness (QED) is 0.656. The molecule has 0 heterocycles. The van der Waals surface area contributed by atoms with Crippen molar-refractivity contribution in [3.63, 3.8) is 0 Å². The number of amides is 1. The Morgan fingerprint density at radius 2 is 1.88 bits per heavy atom. The fourth-order valence-electron chi connectivity index (χ4n) is 2.48. The van der Waals surface area contributed by atoms with Crippen LogP contribution in [0, 0.1) is 0 Å². The summed E-state index contributed by atoms with van der Waals surface area (Å²) in [5.74, 6) is -0.113. The molecule has 0 bridgehead atoms. The van der Waals surface area contributed by atoms with Gasteiger partial charge in [-0.2, -0.15) is 0 Å². The van der Waals surface area contributed by atoms with Crippen molar-refractivity contribution in [2.75, 3.05) is 12.8 Å². The Morgan fingerprint density at radius 1 is 1.16 bits per heavy atom. The average molecular weight is 361 g/mol. The van der Waals surface area contributed by atoms with Crippen molar-refractivity contribution >= 4 is 21.6 Å². The molecule has 0 spiro atoms. The molecule has 1 unspecified atom stereocenters. The van der Waals surface area contributed by atoms with Gasteiger partial charge in [0.2, 0.25) is 15.9 Å². The van der Waals surface area contributed by atoms with Gasteiger partial charge in [0.05, 0.1) is 10.9 Å². The van der Waals surface area contributed by atoms with Crippen LogP contribution in [0.25, 0.3) is 0 Å². The summed E-state index contributed by atoms with van der Waals surface area (Å²) in [5, 5.41) is 2.89. The number of sulfonamides is 1. The molecule has 134 valence electrons. The zero-order chi connectivity index (χ0) is 18.4. The lowest BCUT2D eigenvalue weighted by Crippen LogP contribution is -2.27. The molecule has 0 aliphatic heterocycles. The number of hydrogen-bond donors (Lipinski definition) is 3. The van der Waals surface area contributed by atoms with Crippen molar-refractivity contribution in [3.05, 3.63) is 59.7 Å². The second-order valence-corrected chi connectivity index (χ2v) is 7.65. The minimum atomic E-state index is -3.51. The van der Waals surface area contributed by atoms with Crippen LogP contribution >= 0.6 is 0 Å². The standard InChI is InChI=1S/C18H23N3O3S/c1-13(15-7-5-8-16(12-15)25(23,24)20-2)21-18(22)11-10-14-6-3-4-9-17(14)19/h3-9,12-13,20H,10-11,19H2,1-2H3,(H,21,22). The van der Waals surface area contributed by atoms with Gasteiger partial charge in [0, 0.05) is 12.1 Å². The largest absolute Gasteiger partial charge is 0.399 e. The number of nitrogens with two attached hydrogens (primary N) is 1. The van der Waals surface area contributed by atoms with Gasteiger partial charge >= 0.3 is 0 Å². The van der Waals surface area contributed by atoms with Crippen LogP contribution in [-0.4, -0.2) is 21.4 Å².